The van der Waals surface area contributed by atoms with Crippen LogP contribution in [0.15, 0.2) is 18.2 Å². The number of hydrogen-bond acceptors (Lipinski definition) is 2. The van der Waals surface area contributed by atoms with Crippen LogP contribution in [0.4, 0.5) is 0 Å². The van der Waals surface area contributed by atoms with Gasteiger partial charge in [-0.2, -0.15) is 0 Å². The fourth-order valence-corrected chi connectivity index (χ4v) is 1.74. The van der Waals surface area contributed by atoms with Crippen molar-refractivity contribution < 1.29 is 9.90 Å². The van der Waals surface area contributed by atoms with Crippen molar-refractivity contribution in [2.75, 3.05) is 13.2 Å². The molecule has 0 aliphatic rings. The molecule has 1 aromatic carbocycles. The highest BCUT2D eigenvalue weighted by Crippen LogP contribution is 2.19. The summed E-state index contributed by atoms with van der Waals surface area (Å²) in [5, 5.41) is 11.3. The molecule has 1 rings (SSSR count). The Bertz CT molecular complexity index is 373. The molecule has 1 amide bonds. The Labute approximate surface area is 110 Å². The molecule has 0 bridgehead atoms. The van der Waals surface area contributed by atoms with Gasteiger partial charge in [0.15, 0.2) is 0 Å². The zero-order chi connectivity index (χ0) is 14.1. The molecule has 0 radical (unpaired) electrons. The summed E-state index contributed by atoms with van der Waals surface area (Å²) < 4.78 is 0. The second-order valence-electron chi connectivity index (χ2n) is 4.21. The third-order valence-corrected chi connectivity index (χ3v) is 2.55. The Morgan fingerprint density at radius 2 is 1.94 bits per heavy atom. The van der Waals surface area contributed by atoms with E-state index in [4.69, 9.17) is 5.11 Å². The second-order valence-corrected chi connectivity index (χ2v) is 4.21. The highest BCUT2D eigenvalue weighted by atomic mass is 16.3. The zero-order valence-electron chi connectivity index (χ0n) is 12.1. The predicted octanol–water partition coefficient (Wildman–Crippen LogP) is 2.87. The fourth-order valence-electron chi connectivity index (χ4n) is 1.74. The van der Waals surface area contributed by atoms with Crippen molar-refractivity contribution in [3.63, 3.8) is 0 Å². The number of hydrogen-bond donors (Lipinski definition) is 2. The largest absolute Gasteiger partial charge is 0.395 e. The summed E-state index contributed by atoms with van der Waals surface area (Å²) in [4.78, 5) is 11.6. The van der Waals surface area contributed by atoms with E-state index in [1.54, 1.807) is 0 Å². The SMILES string of the molecule is CC.Cc1cc(C(=O)NCCO)ccc1C(C)C. The standard InChI is InChI=1S/C13H19NO2.C2H6/c1-9(2)12-5-4-11(8-10(12)3)13(16)14-6-7-15;1-2/h4-5,8-9,15H,6-7H2,1-3H3,(H,14,16);1-2H3. The average Bonchev–Trinajstić information content (AvgIpc) is 2.37. The Balaban J connectivity index is 0.00000137. The molecule has 1 aromatic rings. The number of carbonyl (C=O) groups excluding carboxylic acids is 1. The molecule has 3 heteroatoms. The zero-order valence-corrected chi connectivity index (χ0v) is 12.1. The van der Waals surface area contributed by atoms with E-state index in [-0.39, 0.29) is 12.5 Å². The van der Waals surface area contributed by atoms with Crippen LogP contribution in [0.1, 0.15) is 55.1 Å². The van der Waals surface area contributed by atoms with E-state index in [0.29, 0.717) is 18.0 Å². The quantitative estimate of drug-likeness (QED) is 0.864. The molecule has 0 heterocycles. The van der Waals surface area contributed by atoms with Crippen LogP contribution in [0.2, 0.25) is 0 Å². The van der Waals surface area contributed by atoms with Gasteiger partial charge in [0.25, 0.3) is 5.91 Å². The van der Waals surface area contributed by atoms with Crippen LogP contribution in [0.3, 0.4) is 0 Å². The Kier molecular flexibility index (Phi) is 8.05. The molecule has 18 heavy (non-hydrogen) atoms. The summed E-state index contributed by atoms with van der Waals surface area (Å²) in [5.74, 6) is 0.335. The maximum absolute atomic E-state index is 11.6. The average molecular weight is 251 g/mol. The minimum atomic E-state index is -0.132. The number of aliphatic hydroxyl groups excluding tert-OH is 1. The summed E-state index contributed by atoms with van der Waals surface area (Å²) >= 11 is 0. The number of amides is 1. The van der Waals surface area contributed by atoms with Crippen LogP contribution in [0.25, 0.3) is 0 Å². The Morgan fingerprint density at radius 1 is 1.33 bits per heavy atom. The summed E-state index contributed by atoms with van der Waals surface area (Å²) in [6.45, 7) is 10.5. The van der Waals surface area contributed by atoms with Gasteiger partial charge < -0.3 is 10.4 Å². The summed E-state index contributed by atoms with van der Waals surface area (Å²) in [6.07, 6.45) is 0. The molecule has 0 aliphatic heterocycles. The van der Waals surface area contributed by atoms with Gasteiger partial charge in [0.2, 0.25) is 0 Å². The fraction of sp³-hybridized carbons (Fsp3) is 0.533. The molecule has 0 saturated carbocycles. The highest BCUT2D eigenvalue weighted by Gasteiger charge is 2.08. The first-order chi connectivity index (χ1) is 8.56. The van der Waals surface area contributed by atoms with Crippen LogP contribution in [0.5, 0.6) is 0 Å². The monoisotopic (exact) mass is 251 g/mol. The van der Waals surface area contributed by atoms with Crippen LogP contribution in [-0.4, -0.2) is 24.2 Å². The van der Waals surface area contributed by atoms with Gasteiger partial charge in [-0.25, -0.2) is 0 Å². The Hall–Kier alpha value is -1.35. The van der Waals surface area contributed by atoms with Crippen molar-refractivity contribution in [1.29, 1.82) is 0 Å². The molecule has 0 aromatic heterocycles. The van der Waals surface area contributed by atoms with Crippen LogP contribution in [0, 0.1) is 6.92 Å². The lowest BCUT2D eigenvalue weighted by Crippen LogP contribution is -2.26. The van der Waals surface area contributed by atoms with Gasteiger partial charge in [-0.3, -0.25) is 4.79 Å². The molecule has 0 aliphatic carbocycles. The smallest absolute Gasteiger partial charge is 0.251 e. The maximum atomic E-state index is 11.6. The topological polar surface area (TPSA) is 49.3 Å². The van der Waals surface area contributed by atoms with Crippen LogP contribution in [-0.2, 0) is 0 Å². The van der Waals surface area contributed by atoms with Crippen LogP contribution < -0.4 is 5.32 Å². The maximum Gasteiger partial charge on any atom is 0.251 e. The number of aliphatic hydroxyl groups is 1. The number of carbonyl (C=O) groups is 1. The summed E-state index contributed by atoms with van der Waals surface area (Å²) in [5.41, 5.74) is 3.04. The van der Waals surface area contributed by atoms with Gasteiger partial charge in [0.1, 0.15) is 0 Å². The van der Waals surface area contributed by atoms with Crippen molar-refractivity contribution in [1.82, 2.24) is 5.32 Å². The molecule has 0 unspecified atom stereocenters. The second kappa shape index (κ2) is 8.70. The van der Waals surface area contributed by atoms with E-state index >= 15 is 0 Å². The molecule has 0 fully saturated rings. The molecule has 0 spiro atoms. The lowest BCUT2D eigenvalue weighted by Gasteiger charge is -2.11. The summed E-state index contributed by atoms with van der Waals surface area (Å²) in [7, 11) is 0. The summed E-state index contributed by atoms with van der Waals surface area (Å²) in [6, 6.07) is 5.71. The minimum Gasteiger partial charge on any atom is -0.395 e. The molecular formula is C15H25NO2. The van der Waals surface area contributed by atoms with Crippen molar-refractivity contribution in [2.24, 2.45) is 0 Å². The van der Waals surface area contributed by atoms with Crippen LogP contribution >= 0.6 is 0 Å². The van der Waals surface area contributed by atoms with E-state index in [2.05, 4.69) is 19.2 Å². The van der Waals surface area contributed by atoms with Crippen molar-refractivity contribution in [3.8, 4) is 0 Å². The first kappa shape index (κ1) is 16.6. The first-order valence-corrected chi connectivity index (χ1v) is 6.56. The number of rotatable bonds is 4. The lowest BCUT2D eigenvalue weighted by atomic mass is 9.96. The van der Waals surface area contributed by atoms with Crippen molar-refractivity contribution in [3.05, 3.63) is 34.9 Å². The number of aryl methyl sites for hydroxylation is 1. The normalized spacial score (nSPS) is 9.72. The van der Waals surface area contributed by atoms with E-state index in [1.165, 1.54) is 5.56 Å². The van der Waals surface area contributed by atoms with E-state index in [1.807, 2.05) is 39.0 Å². The van der Waals surface area contributed by atoms with Gasteiger partial charge in [0, 0.05) is 12.1 Å². The third-order valence-electron chi connectivity index (χ3n) is 2.55. The molecule has 0 saturated heterocycles. The number of benzene rings is 1. The molecule has 0 atom stereocenters. The molecular weight excluding hydrogens is 226 g/mol. The van der Waals surface area contributed by atoms with Gasteiger partial charge >= 0.3 is 0 Å². The van der Waals surface area contributed by atoms with E-state index < -0.39 is 0 Å². The van der Waals surface area contributed by atoms with Gasteiger partial charge in [-0.15, -0.1) is 0 Å². The Morgan fingerprint density at radius 3 is 2.39 bits per heavy atom. The van der Waals surface area contributed by atoms with Crippen molar-refractivity contribution >= 4 is 5.91 Å². The predicted molar refractivity (Wildman–Crippen MR) is 76.0 cm³/mol. The molecule has 3 nitrogen and oxygen atoms in total. The molecule has 102 valence electrons. The van der Waals surface area contributed by atoms with Crippen molar-refractivity contribution in [2.45, 2.75) is 40.5 Å². The van der Waals surface area contributed by atoms with Gasteiger partial charge in [-0.1, -0.05) is 33.8 Å². The number of nitrogens with one attached hydrogen (secondary N) is 1. The third kappa shape index (κ3) is 4.88. The van der Waals surface area contributed by atoms with Gasteiger partial charge in [-0.05, 0) is 36.1 Å². The lowest BCUT2D eigenvalue weighted by molar-refractivity contribution is 0.0944. The minimum absolute atomic E-state index is 0.0329. The first-order valence-electron chi connectivity index (χ1n) is 6.56. The van der Waals surface area contributed by atoms with E-state index in [0.717, 1.165) is 5.56 Å². The van der Waals surface area contributed by atoms with Gasteiger partial charge in [0.05, 0.1) is 6.61 Å². The molecule has 2 N–H and O–H groups in total. The van der Waals surface area contributed by atoms with E-state index in [9.17, 15) is 4.79 Å². The highest BCUT2D eigenvalue weighted by molar-refractivity contribution is 5.94.